The molecule has 0 heterocycles. The quantitative estimate of drug-likeness (QED) is 0.667. The van der Waals surface area contributed by atoms with Gasteiger partial charge in [0.15, 0.2) is 0 Å². The van der Waals surface area contributed by atoms with Gasteiger partial charge in [0, 0.05) is 13.1 Å². The highest BCUT2D eigenvalue weighted by Crippen LogP contribution is 2.21. The predicted octanol–water partition coefficient (Wildman–Crippen LogP) is 1.66. The van der Waals surface area contributed by atoms with Crippen LogP contribution in [0.15, 0.2) is 0 Å². The summed E-state index contributed by atoms with van der Waals surface area (Å²) in [6, 6.07) is 0.373. The Kier molecular flexibility index (Phi) is 7.59. The van der Waals surface area contributed by atoms with Crippen LogP contribution in [0.25, 0.3) is 0 Å². The van der Waals surface area contributed by atoms with Gasteiger partial charge in [-0.2, -0.15) is 0 Å². The molecule has 1 aliphatic carbocycles. The topological polar surface area (TPSA) is 49.9 Å². The Morgan fingerprint density at radius 2 is 1.80 bits per heavy atom. The van der Waals surface area contributed by atoms with Crippen molar-refractivity contribution in [3.8, 4) is 0 Å². The molecule has 0 aromatic rings. The summed E-state index contributed by atoms with van der Waals surface area (Å²) in [5, 5.41) is 0. The number of hydrogen-bond acceptors (Lipinski definition) is 4. The molecular formula is C15H28N2O3. The van der Waals surface area contributed by atoms with Gasteiger partial charge < -0.3 is 9.64 Å². The molecule has 0 spiro atoms. The molecule has 1 amide bonds. The molecule has 0 aliphatic heterocycles. The summed E-state index contributed by atoms with van der Waals surface area (Å²) < 4.78 is 4.68. The molecule has 0 N–H and O–H groups in total. The molecule has 0 aromatic heterocycles. The second-order valence-electron chi connectivity index (χ2n) is 5.58. The van der Waals surface area contributed by atoms with Crippen molar-refractivity contribution >= 4 is 11.9 Å². The van der Waals surface area contributed by atoms with Crippen LogP contribution < -0.4 is 0 Å². The second kappa shape index (κ2) is 8.95. The Morgan fingerprint density at radius 1 is 1.15 bits per heavy atom. The number of methoxy groups -OCH3 is 1. The number of carbonyl (C=O) groups is 2. The van der Waals surface area contributed by atoms with Crippen LogP contribution in [0.5, 0.6) is 0 Å². The third kappa shape index (κ3) is 5.49. The van der Waals surface area contributed by atoms with Crippen LogP contribution in [-0.4, -0.2) is 61.5 Å². The van der Waals surface area contributed by atoms with Gasteiger partial charge in [-0.25, -0.2) is 0 Å². The van der Waals surface area contributed by atoms with Crippen LogP contribution >= 0.6 is 0 Å². The van der Waals surface area contributed by atoms with Crippen LogP contribution in [0.1, 0.15) is 45.4 Å². The first-order valence-electron chi connectivity index (χ1n) is 7.63. The average molecular weight is 284 g/mol. The van der Waals surface area contributed by atoms with Gasteiger partial charge >= 0.3 is 5.97 Å². The molecule has 0 aromatic carbocycles. The van der Waals surface area contributed by atoms with E-state index >= 15 is 0 Å². The summed E-state index contributed by atoms with van der Waals surface area (Å²) in [4.78, 5) is 27.4. The van der Waals surface area contributed by atoms with Crippen molar-refractivity contribution in [1.29, 1.82) is 0 Å². The highest BCUT2D eigenvalue weighted by atomic mass is 16.5. The maximum Gasteiger partial charge on any atom is 0.319 e. The van der Waals surface area contributed by atoms with Crippen molar-refractivity contribution in [3.05, 3.63) is 0 Å². The molecule has 0 bridgehead atoms. The van der Waals surface area contributed by atoms with Crippen LogP contribution in [0.2, 0.25) is 0 Å². The van der Waals surface area contributed by atoms with Gasteiger partial charge in [0.1, 0.15) is 0 Å². The number of likely N-dealkylation sites (N-methyl/N-ethyl adjacent to an activating group) is 1. The normalized spacial score (nSPS) is 16.2. The number of carbonyl (C=O) groups excluding carboxylic acids is 2. The molecule has 0 unspecified atom stereocenters. The van der Waals surface area contributed by atoms with Crippen LogP contribution in [0.4, 0.5) is 0 Å². The fraction of sp³-hybridized carbons (Fsp3) is 0.867. The average Bonchev–Trinajstić information content (AvgIpc) is 2.47. The zero-order chi connectivity index (χ0) is 15.0. The minimum absolute atomic E-state index is 0.106. The zero-order valence-corrected chi connectivity index (χ0v) is 13.1. The van der Waals surface area contributed by atoms with Gasteiger partial charge in [0.2, 0.25) is 5.91 Å². The van der Waals surface area contributed by atoms with Gasteiger partial charge in [-0.15, -0.1) is 0 Å². The first kappa shape index (κ1) is 17.0. The molecule has 1 rings (SSSR count). The lowest BCUT2D eigenvalue weighted by molar-refractivity contribution is -0.143. The molecule has 0 radical (unpaired) electrons. The number of esters is 1. The van der Waals surface area contributed by atoms with Crippen LogP contribution in [-0.2, 0) is 14.3 Å². The lowest BCUT2D eigenvalue weighted by atomic mass is 9.94. The van der Waals surface area contributed by atoms with E-state index < -0.39 is 0 Å². The smallest absolute Gasteiger partial charge is 0.319 e. The van der Waals surface area contributed by atoms with Crippen molar-refractivity contribution in [2.24, 2.45) is 0 Å². The molecule has 5 heteroatoms. The van der Waals surface area contributed by atoms with Gasteiger partial charge in [-0.1, -0.05) is 26.2 Å². The SMILES string of the molecule is CCCN(CC(=O)OC)CC(=O)N(C)C1CCCCC1. The van der Waals surface area contributed by atoms with E-state index in [-0.39, 0.29) is 18.4 Å². The number of amides is 1. The van der Waals surface area contributed by atoms with E-state index in [1.54, 1.807) is 0 Å². The first-order chi connectivity index (χ1) is 9.58. The summed E-state index contributed by atoms with van der Waals surface area (Å²) in [5.41, 5.74) is 0. The van der Waals surface area contributed by atoms with Crippen LogP contribution in [0, 0.1) is 0 Å². The van der Waals surface area contributed by atoms with E-state index in [0.29, 0.717) is 12.6 Å². The maximum atomic E-state index is 12.3. The number of nitrogens with zero attached hydrogens (tertiary/aromatic N) is 2. The monoisotopic (exact) mass is 284 g/mol. The minimum Gasteiger partial charge on any atom is -0.468 e. The van der Waals surface area contributed by atoms with E-state index in [2.05, 4.69) is 4.74 Å². The Hall–Kier alpha value is -1.10. The van der Waals surface area contributed by atoms with Crippen molar-refractivity contribution < 1.29 is 14.3 Å². The second-order valence-corrected chi connectivity index (χ2v) is 5.58. The Bertz CT molecular complexity index is 314. The van der Waals surface area contributed by atoms with E-state index in [9.17, 15) is 9.59 Å². The highest BCUT2D eigenvalue weighted by molar-refractivity contribution is 5.79. The Morgan fingerprint density at radius 3 is 2.35 bits per heavy atom. The van der Waals surface area contributed by atoms with Crippen molar-refractivity contribution in [2.75, 3.05) is 33.8 Å². The van der Waals surface area contributed by atoms with Gasteiger partial charge in [-0.3, -0.25) is 14.5 Å². The Labute approximate surface area is 122 Å². The summed E-state index contributed by atoms with van der Waals surface area (Å²) >= 11 is 0. The first-order valence-corrected chi connectivity index (χ1v) is 7.63. The molecule has 20 heavy (non-hydrogen) atoms. The van der Waals surface area contributed by atoms with E-state index in [0.717, 1.165) is 25.8 Å². The highest BCUT2D eigenvalue weighted by Gasteiger charge is 2.24. The third-order valence-corrected chi connectivity index (χ3v) is 3.99. The standard InChI is InChI=1S/C15H28N2O3/c1-4-10-17(12-15(19)20-3)11-14(18)16(2)13-8-6-5-7-9-13/h13H,4-12H2,1-3H3. The number of rotatable bonds is 7. The lowest BCUT2D eigenvalue weighted by Gasteiger charge is -2.32. The fourth-order valence-corrected chi connectivity index (χ4v) is 2.75. The largest absolute Gasteiger partial charge is 0.468 e. The fourth-order valence-electron chi connectivity index (χ4n) is 2.75. The van der Waals surface area contributed by atoms with Gasteiger partial charge in [-0.05, 0) is 25.8 Å². The number of hydrogen-bond donors (Lipinski definition) is 0. The van der Waals surface area contributed by atoms with E-state index in [1.807, 2.05) is 23.8 Å². The molecule has 1 aliphatic rings. The molecule has 1 fully saturated rings. The van der Waals surface area contributed by atoms with Crippen molar-refractivity contribution in [3.63, 3.8) is 0 Å². The molecule has 1 saturated carbocycles. The Balaban J connectivity index is 2.48. The van der Waals surface area contributed by atoms with Crippen molar-refractivity contribution in [2.45, 2.75) is 51.5 Å². The van der Waals surface area contributed by atoms with Crippen molar-refractivity contribution in [1.82, 2.24) is 9.80 Å². The minimum atomic E-state index is -0.286. The maximum absolute atomic E-state index is 12.3. The number of ether oxygens (including phenoxy) is 1. The summed E-state index contributed by atoms with van der Waals surface area (Å²) in [5.74, 6) is -0.180. The summed E-state index contributed by atoms with van der Waals surface area (Å²) in [7, 11) is 3.27. The summed E-state index contributed by atoms with van der Waals surface area (Å²) in [6.07, 6.45) is 6.83. The zero-order valence-electron chi connectivity index (χ0n) is 13.1. The van der Waals surface area contributed by atoms with E-state index in [1.165, 1.54) is 26.4 Å². The van der Waals surface area contributed by atoms with Gasteiger partial charge in [0.25, 0.3) is 0 Å². The summed E-state index contributed by atoms with van der Waals surface area (Å²) in [6.45, 7) is 3.27. The third-order valence-electron chi connectivity index (χ3n) is 3.99. The van der Waals surface area contributed by atoms with Crippen LogP contribution in [0.3, 0.4) is 0 Å². The predicted molar refractivity (Wildman–Crippen MR) is 78.4 cm³/mol. The van der Waals surface area contributed by atoms with E-state index in [4.69, 9.17) is 0 Å². The molecule has 0 saturated heterocycles. The molecule has 116 valence electrons. The molecular weight excluding hydrogens is 256 g/mol. The van der Waals surface area contributed by atoms with Gasteiger partial charge in [0.05, 0.1) is 20.2 Å². The molecule has 5 nitrogen and oxygen atoms in total. The lowest BCUT2D eigenvalue weighted by Crippen LogP contribution is -2.45. The molecule has 0 atom stereocenters.